The summed E-state index contributed by atoms with van der Waals surface area (Å²) in [6.45, 7) is 5.03. The number of hydrogen-bond acceptors (Lipinski definition) is 6. The lowest BCUT2D eigenvalue weighted by Crippen LogP contribution is -2.55. The maximum atomic E-state index is 12.6. The van der Waals surface area contributed by atoms with Gasteiger partial charge >= 0.3 is 0 Å². The molecule has 1 aliphatic rings. The highest BCUT2D eigenvalue weighted by Gasteiger charge is 2.54. The summed E-state index contributed by atoms with van der Waals surface area (Å²) >= 11 is 0. The smallest absolute Gasteiger partial charge is 0.245 e. The SMILES string of the molecule is CCCCCCC(=O)NC(CO)C(=O)NC(CC(C)C)C(=O)[C@@]1(CO)CO1. The van der Waals surface area contributed by atoms with E-state index in [4.69, 9.17) is 4.74 Å². The minimum absolute atomic E-state index is 0.120. The minimum atomic E-state index is -1.23. The summed E-state index contributed by atoms with van der Waals surface area (Å²) in [6, 6.07) is -1.96. The van der Waals surface area contributed by atoms with Gasteiger partial charge < -0.3 is 25.6 Å². The van der Waals surface area contributed by atoms with Crippen LogP contribution in [-0.4, -0.2) is 65.3 Å². The lowest BCUT2D eigenvalue weighted by Gasteiger charge is -2.24. The van der Waals surface area contributed by atoms with E-state index in [0.29, 0.717) is 12.8 Å². The molecule has 0 aliphatic carbocycles. The number of aliphatic hydroxyl groups excluding tert-OH is 2. The maximum absolute atomic E-state index is 12.6. The van der Waals surface area contributed by atoms with Gasteiger partial charge in [0.05, 0.1) is 25.9 Å². The second-order valence-corrected chi connectivity index (χ2v) is 7.61. The Bertz CT molecular complexity index is 504. The molecule has 8 heteroatoms. The van der Waals surface area contributed by atoms with E-state index in [1.807, 2.05) is 13.8 Å². The molecule has 1 rings (SSSR count). The third kappa shape index (κ3) is 7.56. The molecule has 1 saturated heterocycles. The van der Waals surface area contributed by atoms with E-state index in [1.54, 1.807) is 0 Å². The highest BCUT2D eigenvalue weighted by Crippen LogP contribution is 2.30. The molecule has 0 spiro atoms. The highest BCUT2D eigenvalue weighted by atomic mass is 16.6. The van der Waals surface area contributed by atoms with E-state index in [1.165, 1.54) is 0 Å². The molecule has 27 heavy (non-hydrogen) atoms. The largest absolute Gasteiger partial charge is 0.394 e. The van der Waals surface area contributed by atoms with Crippen LogP contribution < -0.4 is 10.6 Å². The van der Waals surface area contributed by atoms with Crippen LogP contribution in [0.1, 0.15) is 59.3 Å². The Balaban J connectivity index is 2.63. The second kappa shape index (κ2) is 11.4. The summed E-state index contributed by atoms with van der Waals surface area (Å²) in [6.07, 6.45) is 4.44. The number of ketones is 1. The van der Waals surface area contributed by atoms with Crippen LogP contribution in [0.2, 0.25) is 0 Å². The van der Waals surface area contributed by atoms with E-state index in [9.17, 15) is 24.6 Å². The van der Waals surface area contributed by atoms with Crippen molar-refractivity contribution in [1.29, 1.82) is 0 Å². The quantitative estimate of drug-likeness (QED) is 0.251. The van der Waals surface area contributed by atoms with Gasteiger partial charge in [0.1, 0.15) is 6.04 Å². The first-order valence-corrected chi connectivity index (χ1v) is 9.79. The fourth-order valence-corrected chi connectivity index (χ4v) is 2.86. The third-order valence-electron chi connectivity index (χ3n) is 4.63. The van der Waals surface area contributed by atoms with Crippen LogP contribution in [0.5, 0.6) is 0 Å². The zero-order chi connectivity index (χ0) is 20.4. The molecule has 1 aliphatic heterocycles. The van der Waals surface area contributed by atoms with Crippen molar-refractivity contribution in [2.24, 2.45) is 5.92 Å². The van der Waals surface area contributed by atoms with Crippen molar-refractivity contribution in [3.63, 3.8) is 0 Å². The molecule has 156 valence electrons. The van der Waals surface area contributed by atoms with Gasteiger partial charge in [-0.2, -0.15) is 0 Å². The van der Waals surface area contributed by atoms with Gasteiger partial charge in [-0.3, -0.25) is 14.4 Å². The van der Waals surface area contributed by atoms with Crippen LogP contribution in [0.25, 0.3) is 0 Å². The summed E-state index contributed by atoms with van der Waals surface area (Å²) in [4.78, 5) is 37.1. The van der Waals surface area contributed by atoms with Crippen molar-refractivity contribution in [2.75, 3.05) is 19.8 Å². The number of hydrogen-bond donors (Lipinski definition) is 4. The average molecular weight is 386 g/mol. The number of rotatable bonds is 14. The average Bonchev–Trinajstić information content (AvgIpc) is 3.43. The van der Waals surface area contributed by atoms with Crippen LogP contribution in [0, 0.1) is 5.92 Å². The van der Waals surface area contributed by atoms with Gasteiger partial charge in [0.15, 0.2) is 11.4 Å². The fourth-order valence-electron chi connectivity index (χ4n) is 2.86. The number of unbranched alkanes of at least 4 members (excludes halogenated alkanes) is 3. The van der Waals surface area contributed by atoms with Crippen LogP contribution in [0.3, 0.4) is 0 Å². The van der Waals surface area contributed by atoms with Crippen LogP contribution in [-0.2, 0) is 19.1 Å². The Morgan fingerprint density at radius 1 is 1.07 bits per heavy atom. The first-order valence-electron chi connectivity index (χ1n) is 9.79. The number of nitrogens with one attached hydrogen (secondary N) is 2. The van der Waals surface area contributed by atoms with Crippen molar-refractivity contribution >= 4 is 17.6 Å². The summed E-state index contributed by atoms with van der Waals surface area (Å²) in [5.41, 5.74) is -1.23. The third-order valence-corrected chi connectivity index (χ3v) is 4.63. The van der Waals surface area contributed by atoms with Crippen molar-refractivity contribution in [1.82, 2.24) is 10.6 Å². The molecule has 0 aromatic rings. The molecule has 1 fully saturated rings. The van der Waals surface area contributed by atoms with Gasteiger partial charge in [-0.25, -0.2) is 0 Å². The molecular formula is C19H34N2O6. The van der Waals surface area contributed by atoms with Crippen molar-refractivity contribution in [3.8, 4) is 0 Å². The Morgan fingerprint density at radius 2 is 1.74 bits per heavy atom. The molecule has 4 N–H and O–H groups in total. The Kier molecular flexibility index (Phi) is 9.90. The standard InChI is InChI=1S/C19H34N2O6/c1-4-5-6-7-8-16(24)20-15(10-22)18(26)21-14(9-13(2)3)17(25)19(11-23)12-27-19/h13-15,22-23H,4-12H2,1-3H3,(H,20,24)(H,21,26)/t14?,15?,19-/m1/s1. The molecule has 3 atom stereocenters. The number of carbonyl (C=O) groups excluding carboxylic acids is 3. The number of ether oxygens (including phenoxy) is 1. The van der Waals surface area contributed by atoms with Gasteiger partial charge in [-0.1, -0.05) is 40.0 Å². The topological polar surface area (TPSA) is 128 Å². The molecule has 0 radical (unpaired) electrons. The van der Waals surface area contributed by atoms with Crippen LogP contribution in [0.4, 0.5) is 0 Å². The van der Waals surface area contributed by atoms with Gasteiger partial charge in [0.25, 0.3) is 0 Å². The number of epoxide rings is 1. The fraction of sp³-hybridized carbons (Fsp3) is 0.842. The van der Waals surface area contributed by atoms with Gasteiger partial charge in [0, 0.05) is 6.42 Å². The van der Waals surface area contributed by atoms with E-state index in [0.717, 1.165) is 25.7 Å². The molecular weight excluding hydrogens is 352 g/mol. The minimum Gasteiger partial charge on any atom is -0.394 e. The molecule has 1 heterocycles. The Morgan fingerprint density at radius 3 is 2.22 bits per heavy atom. The highest BCUT2D eigenvalue weighted by molar-refractivity contribution is 5.98. The first kappa shape index (κ1) is 23.5. The Labute approximate surface area is 161 Å². The summed E-state index contributed by atoms with van der Waals surface area (Å²) in [7, 11) is 0. The van der Waals surface area contributed by atoms with Gasteiger partial charge in [0.2, 0.25) is 11.8 Å². The van der Waals surface area contributed by atoms with Gasteiger partial charge in [-0.05, 0) is 18.8 Å². The Hall–Kier alpha value is -1.51. The zero-order valence-electron chi connectivity index (χ0n) is 16.6. The molecule has 0 aromatic carbocycles. The van der Waals surface area contributed by atoms with Crippen molar-refractivity contribution in [2.45, 2.75) is 77.0 Å². The van der Waals surface area contributed by atoms with Crippen molar-refractivity contribution in [3.05, 3.63) is 0 Å². The number of aliphatic hydroxyl groups is 2. The predicted octanol–water partition coefficient (Wildman–Crippen LogP) is 0.295. The molecule has 2 amide bonds. The predicted molar refractivity (Wildman–Crippen MR) is 99.9 cm³/mol. The lowest BCUT2D eigenvalue weighted by atomic mass is 9.92. The molecule has 0 saturated carbocycles. The van der Waals surface area contributed by atoms with Gasteiger partial charge in [-0.15, -0.1) is 0 Å². The lowest BCUT2D eigenvalue weighted by molar-refractivity contribution is -0.134. The van der Waals surface area contributed by atoms with Crippen LogP contribution >= 0.6 is 0 Å². The summed E-state index contributed by atoms with van der Waals surface area (Å²) in [5, 5.41) is 24.0. The maximum Gasteiger partial charge on any atom is 0.245 e. The van der Waals surface area contributed by atoms with E-state index >= 15 is 0 Å². The molecule has 0 bridgehead atoms. The molecule has 2 unspecified atom stereocenters. The van der Waals surface area contributed by atoms with Crippen molar-refractivity contribution < 1.29 is 29.3 Å². The summed E-state index contributed by atoms with van der Waals surface area (Å²) < 4.78 is 5.10. The number of Topliss-reactive ketones (excluding diaryl/α,β-unsaturated/α-hetero) is 1. The second-order valence-electron chi connectivity index (χ2n) is 7.61. The summed E-state index contributed by atoms with van der Waals surface area (Å²) in [5.74, 6) is -1.18. The van der Waals surface area contributed by atoms with Crippen LogP contribution in [0.15, 0.2) is 0 Å². The zero-order valence-corrected chi connectivity index (χ0v) is 16.6. The first-order chi connectivity index (χ1) is 12.8. The van der Waals surface area contributed by atoms with E-state index in [2.05, 4.69) is 17.6 Å². The van der Waals surface area contributed by atoms with E-state index in [-0.39, 0.29) is 24.2 Å². The monoisotopic (exact) mass is 386 g/mol. The number of amides is 2. The number of carbonyl (C=O) groups is 3. The molecule has 8 nitrogen and oxygen atoms in total. The normalized spacial score (nSPS) is 20.8. The molecule has 0 aromatic heterocycles. The van der Waals surface area contributed by atoms with E-state index < -0.39 is 36.8 Å².